The first kappa shape index (κ1) is 15.7. The zero-order valence-electron chi connectivity index (χ0n) is 10.7. The molecule has 0 atom stereocenters. The molecule has 106 valence electrons. The first-order valence-electron chi connectivity index (χ1n) is 5.47. The van der Waals surface area contributed by atoms with Gasteiger partial charge in [-0.25, -0.2) is 12.7 Å². The second kappa shape index (κ2) is 6.23. The van der Waals surface area contributed by atoms with Crippen LogP contribution in [-0.4, -0.2) is 45.0 Å². The van der Waals surface area contributed by atoms with Crippen LogP contribution in [0.2, 0.25) is 5.02 Å². The number of nitrogens with one attached hydrogen (secondary N) is 1. The second-order valence-electron chi connectivity index (χ2n) is 4.09. The highest BCUT2D eigenvalue weighted by atomic mass is 35.5. The van der Waals surface area contributed by atoms with Crippen LogP contribution in [0.15, 0.2) is 18.2 Å². The lowest BCUT2D eigenvalue weighted by atomic mass is 10.1. The van der Waals surface area contributed by atoms with Gasteiger partial charge in [-0.05, 0) is 18.2 Å². The molecule has 1 aromatic rings. The zero-order valence-corrected chi connectivity index (χ0v) is 12.3. The van der Waals surface area contributed by atoms with Crippen LogP contribution in [0.1, 0.15) is 10.4 Å². The molecule has 0 heterocycles. The maximum absolute atomic E-state index is 11.8. The second-order valence-corrected chi connectivity index (χ2v) is 6.82. The van der Waals surface area contributed by atoms with Crippen LogP contribution >= 0.6 is 11.6 Å². The fourth-order valence-corrected chi connectivity index (χ4v) is 2.22. The fraction of sp³-hybridized carbons (Fsp3) is 0.364. The van der Waals surface area contributed by atoms with Crippen molar-refractivity contribution < 1.29 is 13.2 Å². The van der Waals surface area contributed by atoms with Gasteiger partial charge in [0.15, 0.2) is 0 Å². The van der Waals surface area contributed by atoms with E-state index in [9.17, 15) is 13.2 Å². The van der Waals surface area contributed by atoms with Gasteiger partial charge in [-0.15, -0.1) is 0 Å². The summed E-state index contributed by atoms with van der Waals surface area (Å²) < 4.78 is 24.1. The molecular weight excluding hydrogens is 290 g/mol. The fourth-order valence-electron chi connectivity index (χ4n) is 1.31. The molecule has 19 heavy (non-hydrogen) atoms. The lowest BCUT2D eigenvalue weighted by molar-refractivity contribution is 0.0957. The van der Waals surface area contributed by atoms with Gasteiger partial charge in [-0.1, -0.05) is 11.6 Å². The molecule has 0 radical (unpaired) electrons. The summed E-state index contributed by atoms with van der Waals surface area (Å²) in [5, 5.41) is 2.94. The number of sulfonamides is 1. The summed E-state index contributed by atoms with van der Waals surface area (Å²) in [7, 11) is -0.449. The molecule has 0 aliphatic carbocycles. The highest BCUT2D eigenvalue weighted by Crippen LogP contribution is 2.17. The summed E-state index contributed by atoms with van der Waals surface area (Å²) in [4.78, 5) is 11.8. The molecule has 0 fully saturated rings. The SMILES string of the molecule is CN(C)S(=O)(=O)CCNC(=O)c1ccc(Cl)cc1N. The summed E-state index contributed by atoms with van der Waals surface area (Å²) in [6.45, 7) is 0.0153. The molecule has 1 aromatic carbocycles. The van der Waals surface area contributed by atoms with Gasteiger partial charge in [0.1, 0.15) is 0 Å². The van der Waals surface area contributed by atoms with Gasteiger partial charge in [0.25, 0.3) is 5.91 Å². The van der Waals surface area contributed by atoms with E-state index < -0.39 is 15.9 Å². The van der Waals surface area contributed by atoms with Crippen molar-refractivity contribution in [2.75, 3.05) is 32.1 Å². The van der Waals surface area contributed by atoms with Gasteiger partial charge in [0, 0.05) is 31.4 Å². The number of carbonyl (C=O) groups excluding carboxylic acids is 1. The van der Waals surface area contributed by atoms with Crippen molar-refractivity contribution in [2.24, 2.45) is 0 Å². The molecule has 0 spiro atoms. The van der Waals surface area contributed by atoms with Gasteiger partial charge in [-0.2, -0.15) is 0 Å². The van der Waals surface area contributed by atoms with Gasteiger partial charge >= 0.3 is 0 Å². The number of halogens is 1. The van der Waals surface area contributed by atoms with E-state index in [-0.39, 0.29) is 23.5 Å². The van der Waals surface area contributed by atoms with Crippen molar-refractivity contribution in [3.63, 3.8) is 0 Å². The molecule has 0 unspecified atom stereocenters. The molecule has 8 heteroatoms. The van der Waals surface area contributed by atoms with E-state index in [4.69, 9.17) is 17.3 Å². The van der Waals surface area contributed by atoms with E-state index in [1.807, 2.05) is 0 Å². The summed E-state index contributed by atoms with van der Waals surface area (Å²) in [6, 6.07) is 4.50. The van der Waals surface area contributed by atoms with Crippen LogP contribution in [0.3, 0.4) is 0 Å². The molecule has 0 aliphatic heterocycles. The normalized spacial score (nSPS) is 11.6. The van der Waals surface area contributed by atoms with Crippen molar-refractivity contribution in [1.82, 2.24) is 9.62 Å². The smallest absolute Gasteiger partial charge is 0.253 e. The van der Waals surface area contributed by atoms with Crippen LogP contribution in [0.25, 0.3) is 0 Å². The van der Waals surface area contributed by atoms with E-state index in [1.54, 1.807) is 6.07 Å². The highest BCUT2D eigenvalue weighted by molar-refractivity contribution is 7.89. The van der Waals surface area contributed by atoms with Crippen molar-refractivity contribution in [1.29, 1.82) is 0 Å². The Morgan fingerprint density at radius 2 is 2.05 bits per heavy atom. The monoisotopic (exact) mass is 305 g/mol. The van der Waals surface area contributed by atoms with E-state index in [1.165, 1.54) is 26.2 Å². The average Bonchev–Trinajstić information content (AvgIpc) is 2.28. The number of amides is 1. The molecule has 0 aliphatic rings. The molecule has 0 saturated carbocycles. The van der Waals surface area contributed by atoms with Crippen molar-refractivity contribution in [2.45, 2.75) is 0 Å². The lowest BCUT2D eigenvalue weighted by Crippen LogP contribution is -2.34. The van der Waals surface area contributed by atoms with E-state index in [0.717, 1.165) is 4.31 Å². The van der Waals surface area contributed by atoms with Gasteiger partial charge in [-0.3, -0.25) is 4.79 Å². The third-order valence-corrected chi connectivity index (χ3v) is 4.53. The molecule has 3 N–H and O–H groups in total. The Labute approximate surface area is 117 Å². The van der Waals surface area contributed by atoms with Crippen LogP contribution < -0.4 is 11.1 Å². The Bertz CT molecular complexity index is 573. The number of nitrogens with zero attached hydrogens (tertiary/aromatic N) is 1. The van der Waals surface area contributed by atoms with Gasteiger partial charge < -0.3 is 11.1 Å². The highest BCUT2D eigenvalue weighted by Gasteiger charge is 2.15. The number of anilines is 1. The molecule has 1 rings (SSSR count). The molecular formula is C11H16ClN3O3S. The number of hydrogen-bond donors (Lipinski definition) is 2. The first-order valence-corrected chi connectivity index (χ1v) is 7.46. The quantitative estimate of drug-likeness (QED) is 0.777. The average molecular weight is 306 g/mol. The number of benzene rings is 1. The molecule has 1 amide bonds. The molecule has 0 bridgehead atoms. The van der Waals surface area contributed by atoms with Gasteiger partial charge in [0.05, 0.1) is 11.3 Å². The zero-order chi connectivity index (χ0) is 14.6. The van der Waals surface area contributed by atoms with Crippen molar-refractivity contribution in [3.8, 4) is 0 Å². The maximum atomic E-state index is 11.8. The van der Waals surface area contributed by atoms with E-state index >= 15 is 0 Å². The minimum Gasteiger partial charge on any atom is -0.398 e. The lowest BCUT2D eigenvalue weighted by Gasteiger charge is -2.12. The van der Waals surface area contributed by atoms with Crippen molar-refractivity contribution >= 4 is 33.2 Å². The molecule has 0 aromatic heterocycles. The number of nitrogens with two attached hydrogens (primary N) is 1. The summed E-state index contributed by atoms with van der Waals surface area (Å²) in [5.74, 6) is -0.595. The van der Waals surface area contributed by atoms with Gasteiger partial charge in [0.2, 0.25) is 10.0 Å². The topological polar surface area (TPSA) is 92.5 Å². The van der Waals surface area contributed by atoms with Crippen molar-refractivity contribution in [3.05, 3.63) is 28.8 Å². The molecule has 6 nitrogen and oxygen atoms in total. The third kappa shape index (κ3) is 4.38. The number of carbonyl (C=O) groups is 1. The Morgan fingerprint density at radius 1 is 1.42 bits per heavy atom. The summed E-state index contributed by atoms with van der Waals surface area (Å²) in [6.07, 6.45) is 0. The van der Waals surface area contributed by atoms with Crippen LogP contribution in [0.5, 0.6) is 0 Å². The number of rotatable bonds is 5. The predicted molar refractivity (Wildman–Crippen MR) is 75.7 cm³/mol. The molecule has 0 saturated heterocycles. The van der Waals surface area contributed by atoms with E-state index in [0.29, 0.717) is 5.02 Å². The summed E-state index contributed by atoms with van der Waals surface area (Å²) in [5.41, 5.74) is 6.18. The van der Waals surface area contributed by atoms with Crippen LogP contribution in [0, 0.1) is 0 Å². The van der Waals surface area contributed by atoms with Crippen LogP contribution in [-0.2, 0) is 10.0 Å². The Morgan fingerprint density at radius 3 is 2.58 bits per heavy atom. The minimum atomic E-state index is -3.33. The first-order chi connectivity index (χ1) is 8.74. The Hall–Kier alpha value is -1.31. The maximum Gasteiger partial charge on any atom is 0.253 e. The Kier molecular flexibility index (Phi) is 5.16. The third-order valence-electron chi connectivity index (χ3n) is 2.46. The summed E-state index contributed by atoms with van der Waals surface area (Å²) >= 11 is 5.72. The standard InChI is InChI=1S/C11H16ClN3O3S/c1-15(2)19(17,18)6-5-14-11(16)9-4-3-8(12)7-10(9)13/h3-4,7H,5-6,13H2,1-2H3,(H,14,16). The number of nitrogen functional groups attached to an aromatic ring is 1. The van der Waals surface area contributed by atoms with E-state index in [2.05, 4.69) is 5.32 Å². The predicted octanol–water partition coefficient (Wildman–Crippen LogP) is 0.543. The largest absolute Gasteiger partial charge is 0.398 e. The minimum absolute atomic E-state index is 0.0153. The van der Waals surface area contributed by atoms with Crippen LogP contribution in [0.4, 0.5) is 5.69 Å². The Balaban J connectivity index is 2.62. The number of hydrogen-bond acceptors (Lipinski definition) is 4.